The first-order chi connectivity index (χ1) is 12.5. The second-order valence-electron chi connectivity index (χ2n) is 6.01. The van der Waals surface area contributed by atoms with Crippen LogP contribution in [0.15, 0.2) is 42.6 Å². The molecule has 0 aliphatic carbocycles. The van der Waals surface area contributed by atoms with E-state index in [1.54, 1.807) is 30.3 Å². The number of aromatic nitrogens is 1. The van der Waals surface area contributed by atoms with E-state index in [0.717, 1.165) is 16.5 Å². The van der Waals surface area contributed by atoms with Gasteiger partial charge in [-0.25, -0.2) is 0 Å². The number of phenolic OH excluding ortho intramolecular Hbond substituents is 1. The highest BCUT2D eigenvalue weighted by molar-refractivity contribution is 5.99. The molecule has 2 aromatic carbocycles. The Morgan fingerprint density at radius 1 is 1.15 bits per heavy atom. The van der Waals surface area contributed by atoms with Crippen molar-refractivity contribution in [2.24, 2.45) is 7.05 Å². The van der Waals surface area contributed by atoms with Crippen LogP contribution in [0.3, 0.4) is 0 Å². The first-order valence-corrected chi connectivity index (χ1v) is 8.31. The summed E-state index contributed by atoms with van der Waals surface area (Å²) in [6.07, 6.45) is 2.66. The number of hydrogen-bond acceptors (Lipinski definition) is 4. The number of aromatic hydroxyl groups is 1. The van der Waals surface area contributed by atoms with E-state index < -0.39 is 0 Å². The summed E-state index contributed by atoms with van der Waals surface area (Å²) in [6, 6.07) is 10.5. The number of methoxy groups -OCH3 is 2. The van der Waals surface area contributed by atoms with Crippen LogP contribution in [0.4, 0.5) is 0 Å². The van der Waals surface area contributed by atoms with Crippen LogP contribution in [0, 0.1) is 0 Å². The molecule has 1 amide bonds. The number of aryl methyl sites for hydroxylation is 1. The maximum atomic E-state index is 12.6. The molecule has 136 valence electrons. The maximum absolute atomic E-state index is 12.6. The molecular formula is C20H22N2O4. The Kier molecular flexibility index (Phi) is 5.02. The molecule has 0 unspecified atom stereocenters. The first-order valence-electron chi connectivity index (χ1n) is 8.31. The van der Waals surface area contributed by atoms with Crippen LogP contribution in [-0.2, 0) is 13.5 Å². The Bertz CT molecular complexity index is 924. The number of fused-ring (bicyclic) bond motifs is 1. The van der Waals surface area contributed by atoms with Crippen molar-refractivity contribution in [3.63, 3.8) is 0 Å². The van der Waals surface area contributed by atoms with Crippen LogP contribution >= 0.6 is 0 Å². The van der Waals surface area contributed by atoms with E-state index in [4.69, 9.17) is 9.47 Å². The van der Waals surface area contributed by atoms with Gasteiger partial charge >= 0.3 is 0 Å². The lowest BCUT2D eigenvalue weighted by molar-refractivity contribution is 0.0948. The van der Waals surface area contributed by atoms with Gasteiger partial charge in [0.05, 0.1) is 14.2 Å². The van der Waals surface area contributed by atoms with Gasteiger partial charge < -0.3 is 24.5 Å². The Hall–Kier alpha value is -3.15. The fourth-order valence-electron chi connectivity index (χ4n) is 3.13. The Morgan fingerprint density at radius 2 is 1.85 bits per heavy atom. The lowest BCUT2D eigenvalue weighted by Gasteiger charge is -2.12. The van der Waals surface area contributed by atoms with Gasteiger partial charge in [0.15, 0.2) is 0 Å². The predicted octanol–water partition coefficient (Wildman–Crippen LogP) is 2.87. The van der Waals surface area contributed by atoms with E-state index >= 15 is 0 Å². The number of amides is 1. The van der Waals surface area contributed by atoms with E-state index in [1.165, 1.54) is 14.2 Å². The Labute approximate surface area is 152 Å². The smallest absolute Gasteiger partial charge is 0.258 e. The van der Waals surface area contributed by atoms with Gasteiger partial charge in [0, 0.05) is 30.7 Å². The van der Waals surface area contributed by atoms with Crippen molar-refractivity contribution in [2.75, 3.05) is 20.8 Å². The minimum atomic E-state index is -0.248. The van der Waals surface area contributed by atoms with Crippen LogP contribution in [0.5, 0.6) is 17.2 Å². The highest BCUT2D eigenvalue weighted by Gasteiger charge is 2.18. The quantitative estimate of drug-likeness (QED) is 0.714. The molecule has 0 saturated heterocycles. The number of rotatable bonds is 6. The molecule has 0 spiro atoms. The molecule has 0 aliphatic heterocycles. The number of phenols is 1. The first kappa shape index (κ1) is 17.7. The van der Waals surface area contributed by atoms with Crippen molar-refractivity contribution in [1.29, 1.82) is 0 Å². The highest BCUT2D eigenvalue weighted by atomic mass is 16.5. The van der Waals surface area contributed by atoms with Crippen LogP contribution < -0.4 is 14.8 Å². The largest absolute Gasteiger partial charge is 0.508 e. The second-order valence-corrected chi connectivity index (χ2v) is 6.01. The normalized spacial score (nSPS) is 10.7. The number of carbonyl (C=O) groups excluding carboxylic acids is 1. The molecule has 0 aliphatic rings. The molecule has 0 atom stereocenters. The number of benzene rings is 2. The summed E-state index contributed by atoms with van der Waals surface area (Å²) < 4.78 is 12.6. The molecule has 3 rings (SSSR count). The van der Waals surface area contributed by atoms with Crippen LogP contribution in [0.2, 0.25) is 0 Å². The molecule has 26 heavy (non-hydrogen) atoms. The summed E-state index contributed by atoms with van der Waals surface area (Å²) in [6.45, 7) is 0.453. The standard InChI is InChI=1S/C20H22N2O4/c1-22-12-13(15-11-14(23)7-8-16(15)22)9-10-21-20(24)19-17(25-2)5-4-6-18(19)26-3/h4-8,11-12,23H,9-10H2,1-3H3,(H,21,24). The van der Waals surface area contributed by atoms with Gasteiger partial charge in [0.2, 0.25) is 0 Å². The predicted molar refractivity (Wildman–Crippen MR) is 100 cm³/mol. The molecule has 6 heteroatoms. The molecule has 0 bridgehead atoms. The number of carbonyl (C=O) groups is 1. The molecule has 1 aromatic heterocycles. The van der Waals surface area contributed by atoms with Crippen LogP contribution in [0.1, 0.15) is 15.9 Å². The zero-order chi connectivity index (χ0) is 18.7. The van der Waals surface area contributed by atoms with Crippen molar-refractivity contribution in [2.45, 2.75) is 6.42 Å². The van der Waals surface area contributed by atoms with E-state index in [0.29, 0.717) is 30.0 Å². The second kappa shape index (κ2) is 7.39. The van der Waals surface area contributed by atoms with Crippen LogP contribution in [0.25, 0.3) is 10.9 Å². The third-order valence-electron chi connectivity index (χ3n) is 4.39. The van der Waals surface area contributed by atoms with Gasteiger partial charge in [-0.2, -0.15) is 0 Å². The van der Waals surface area contributed by atoms with Crippen molar-refractivity contribution in [3.05, 3.63) is 53.7 Å². The van der Waals surface area contributed by atoms with Gasteiger partial charge in [-0.15, -0.1) is 0 Å². The van der Waals surface area contributed by atoms with E-state index in [2.05, 4.69) is 5.32 Å². The zero-order valence-electron chi connectivity index (χ0n) is 15.1. The summed E-state index contributed by atoms with van der Waals surface area (Å²) in [5.74, 6) is 0.920. The lowest BCUT2D eigenvalue weighted by atomic mass is 10.1. The third-order valence-corrected chi connectivity index (χ3v) is 4.39. The molecule has 3 aromatic rings. The summed E-state index contributed by atoms with van der Waals surface area (Å²) in [7, 11) is 5.00. The van der Waals surface area contributed by atoms with E-state index in [1.807, 2.05) is 23.9 Å². The average molecular weight is 354 g/mol. The fraction of sp³-hybridized carbons (Fsp3) is 0.250. The monoisotopic (exact) mass is 354 g/mol. The molecule has 2 N–H and O–H groups in total. The third kappa shape index (κ3) is 3.31. The van der Waals surface area contributed by atoms with E-state index in [9.17, 15) is 9.90 Å². The van der Waals surface area contributed by atoms with Crippen LogP contribution in [-0.4, -0.2) is 36.3 Å². The molecular weight excluding hydrogens is 332 g/mol. The number of hydrogen-bond donors (Lipinski definition) is 2. The molecule has 0 fully saturated rings. The molecule has 1 heterocycles. The lowest BCUT2D eigenvalue weighted by Crippen LogP contribution is -2.26. The summed E-state index contributed by atoms with van der Waals surface area (Å²) in [5, 5.41) is 13.6. The fourth-order valence-corrected chi connectivity index (χ4v) is 3.13. The number of nitrogens with one attached hydrogen (secondary N) is 1. The van der Waals surface area contributed by atoms with Gasteiger partial charge in [0.25, 0.3) is 5.91 Å². The number of ether oxygens (including phenoxy) is 2. The van der Waals surface area contributed by atoms with Crippen molar-refractivity contribution < 1.29 is 19.4 Å². The minimum absolute atomic E-state index is 0.229. The minimum Gasteiger partial charge on any atom is -0.508 e. The Balaban J connectivity index is 1.75. The number of nitrogens with zero attached hydrogens (tertiary/aromatic N) is 1. The molecule has 0 saturated carbocycles. The zero-order valence-corrected chi connectivity index (χ0v) is 15.1. The molecule has 6 nitrogen and oxygen atoms in total. The summed E-state index contributed by atoms with van der Waals surface area (Å²) >= 11 is 0. The van der Waals surface area contributed by atoms with Crippen molar-refractivity contribution in [3.8, 4) is 17.2 Å². The average Bonchev–Trinajstić information content (AvgIpc) is 2.95. The topological polar surface area (TPSA) is 72.7 Å². The van der Waals surface area contributed by atoms with Gasteiger partial charge in [-0.1, -0.05) is 6.07 Å². The molecule has 0 radical (unpaired) electrons. The van der Waals surface area contributed by atoms with Gasteiger partial charge in [0.1, 0.15) is 22.8 Å². The van der Waals surface area contributed by atoms with Gasteiger partial charge in [-0.05, 0) is 42.3 Å². The SMILES string of the molecule is COc1cccc(OC)c1C(=O)NCCc1cn(C)c2ccc(O)cc12. The summed E-state index contributed by atoms with van der Waals surface area (Å²) in [4.78, 5) is 12.6. The Morgan fingerprint density at radius 3 is 2.50 bits per heavy atom. The summed E-state index contributed by atoms with van der Waals surface area (Å²) in [5.41, 5.74) is 2.48. The van der Waals surface area contributed by atoms with Crippen molar-refractivity contribution in [1.82, 2.24) is 9.88 Å². The van der Waals surface area contributed by atoms with Crippen molar-refractivity contribution >= 4 is 16.8 Å². The highest BCUT2D eigenvalue weighted by Crippen LogP contribution is 2.28. The maximum Gasteiger partial charge on any atom is 0.258 e. The van der Waals surface area contributed by atoms with Gasteiger partial charge in [-0.3, -0.25) is 4.79 Å². The van der Waals surface area contributed by atoms with E-state index in [-0.39, 0.29) is 11.7 Å².